The molecule has 8 nitrogen and oxygen atoms in total. The molecular weight excluding hydrogens is 308 g/mol. The summed E-state index contributed by atoms with van der Waals surface area (Å²) < 4.78 is 0. The zero-order valence-corrected chi connectivity index (χ0v) is 13.2. The Balaban J connectivity index is -0.000000218. The van der Waals surface area contributed by atoms with Crippen LogP contribution < -0.4 is 21.7 Å². The number of aliphatic hydroxyl groups excluding tert-OH is 2. The fourth-order valence-electron chi connectivity index (χ4n) is 0.394. The predicted molar refractivity (Wildman–Crippen MR) is 55.1 cm³/mol. The average molecular weight is 324 g/mol. The maximum Gasteiger partial charge on any atom is 2.00 e. The summed E-state index contributed by atoms with van der Waals surface area (Å²) in [5.74, 6) is -2.86. The van der Waals surface area contributed by atoms with E-state index in [0.29, 0.717) is 0 Å². The van der Waals surface area contributed by atoms with Crippen LogP contribution in [0.5, 0.6) is 0 Å². The minimum Gasteiger partial charge on any atom is -0.548 e. The number of carboxylic acid groups (broad SMARTS) is 2. The molecule has 4 atom stereocenters. The Labute approximate surface area is 136 Å². The predicted octanol–water partition coefficient (Wildman–Crippen LogP) is -5.49. The third-order valence-corrected chi connectivity index (χ3v) is 1.58. The van der Waals surface area contributed by atoms with E-state index in [4.69, 9.17) is 21.7 Å². The van der Waals surface area contributed by atoms with E-state index in [-0.39, 0.29) is 45.5 Å². The molecule has 9 heteroatoms. The Bertz CT molecular complexity index is 212. The Kier molecular flexibility index (Phi) is 15.0. The van der Waals surface area contributed by atoms with Crippen LogP contribution in [-0.2, 0) is 9.59 Å². The van der Waals surface area contributed by atoms with Gasteiger partial charge in [0.2, 0.25) is 0 Å². The van der Waals surface area contributed by atoms with Gasteiger partial charge >= 0.3 is 45.5 Å². The van der Waals surface area contributed by atoms with E-state index in [1.807, 2.05) is 0 Å². The second kappa shape index (κ2) is 11.4. The molecule has 0 aliphatic carbocycles. The smallest absolute Gasteiger partial charge is 0.548 e. The molecule has 0 saturated heterocycles. The number of aliphatic carboxylic acids is 2. The van der Waals surface area contributed by atoms with Crippen LogP contribution in [0.25, 0.3) is 0 Å². The summed E-state index contributed by atoms with van der Waals surface area (Å²) in [5.41, 5.74) is 9.69. The first-order valence-electron chi connectivity index (χ1n) is 4.40. The van der Waals surface area contributed by atoms with Crippen molar-refractivity contribution in [2.75, 3.05) is 0 Å². The van der Waals surface area contributed by atoms with Crippen molar-refractivity contribution in [3.05, 3.63) is 0 Å². The molecule has 0 aromatic carbocycles. The van der Waals surface area contributed by atoms with Crippen molar-refractivity contribution in [2.45, 2.75) is 38.1 Å². The van der Waals surface area contributed by atoms with Gasteiger partial charge in [0.05, 0.1) is 36.2 Å². The van der Waals surface area contributed by atoms with Crippen LogP contribution in [0.3, 0.4) is 0 Å². The van der Waals surface area contributed by atoms with E-state index in [2.05, 4.69) is 0 Å². The molecule has 0 fully saturated rings. The van der Waals surface area contributed by atoms with Crippen molar-refractivity contribution in [2.24, 2.45) is 11.5 Å². The van der Waals surface area contributed by atoms with Gasteiger partial charge in [0.15, 0.2) is 0 Å². The second-order valence-electron chi connectivity index (χ2n) is 3.17. The van der Waals surface area contributed by atoms with Crippen LogP contribution >= 0.6 is 0 Å². The number of hydrogen-bond acceptors (Lipinski definition) is 8. The maximum absolute atomic E-state index is 9.74. The van der Waals surface area contributed by atoms with Gasteiger partial charge in [-0.2, -0.15) is 0 Å². The van der Waals surface area contributed by atoms with E-state index in [0.717, 1.165) is 0 Å². The van der Waals surface area contributed by atoms with E-state index in [1.165, 1.54) is 13.8 Å². The second-order valence-corrected chi connectivity index (χ2v) is 3.17. The van der Waals surface area contributed by atoms with Gasteiger partial charge in [-0.15, -0.1) is 0 Å². The van der Waals surface area contributed by atoms with Crippen LogP contribution in [0.15, 0.2) is 0 Å². The normalized spacial score (nSPS) is 16.4. The first-order chi connectivity index (χ1) is 7.11. The van der Waals surface area contributed by atoms with Gasteiger partial charge in [0, 0.05) is 0 Å². The Morgan fingerprint density at radius 3 is 1.12 bits per heavy atom. The van der Waals surface area contributed by atoms with Gasteiger partial charge in [-0.1, -0.05) is 0 Å². The first-order valence-corrected chi connectivity index (χ1v) is 4.40. The fraction of sp³-hybridized carbons (Fsp3) is 0.750. The monoisotopic (exact) mass is 324 g/mol. The van der Waals surface area contributed by atoms with E-state index in [1.54, 1.807) is 0 Å². The number of aliphatic hydroxyl groups is 2. The molecule has 6 N–H and O–H groups in total. The third kappa shape index (κ3) is 12.5. The van der Waals surface area contributed by atoms with Crippen molar-refractivity contribution in [3.63, 3.8) is 0 Å². The Hall–Kier alpha value is 0.261. The van der Waals surface area contributed by atoms with Crippen LogP contribution in [0.1, 0.15) is 13.8 Å². The molecule has 96 valence electrons. The summed E-state index contributed by atoms with van der Waals surface area (Å²) in [5, 5.41) is 36.4. The van der Waals surface area contributed by atoms with Gasteiger partial charge in [0.25, 0.3) is 0 Å². The van der Waals surface area contributed by atoms with E-state index >= 15 is 0 Å². The molecular formula is C8H16N2O6Sr. The van der Waals surface area contributed by atoms with Crippen LogP contribution in [0.2, 0.25) is 0 Å². The number of carbonyl (C=O) groups excluding carboxylic acids is 2. The van der Waals surface area contributed by atoms with Gasteiger partial charge in [-0.05, 0) is 13.8 Å². The Morgan fingerprint density at radius 2 is 1.12 bits per heavy atom. The molecule has 0 rings (SSSR count). The van der Waals surface area contributed by atoms with Gasteiger partial charge in [-0.3, -0.25) is 0 Å². The molecule has 0 spiro atoms. The largest absolute Gasteiger partial charge is 2.00 e. The minimum atomic E-state index is -1.43. The van der Waals surface area contributed by atoms with Crippen LogP contribution in [-0.4, -0.2) is 91.9 Å². The number of carbonyl (C=O) groups is 2. The molecule has 0 aromatic heterocycles. The zero-order chi connectivity index (χ0) is 13.5. The van der Waals surface area contributed by atoms with Gasteiger partial charge < -0.3 is 41.5 Å². The average Bonchev–Trinajstić information content (AvgIpc) is 2.15. The molecule has 17 heavy (non-hydrogen) atoms. The summed E-state index contributed by atoms with van der Waals surface area (Å²) in [4.78, 5) is 19.5. The topological polar surface area (TPSA) is 173 Å². The molecule has 0 saturated carbocycles. The molecule has 0 unspecified atom stereocenters. The molecule has 0 heterocycles. The summed E-state index contributed by atoms with van der Waals surface area (Å²) in [6.45, 7) is 2.58. The standard InChI is InChI=1S/2C4H9NO3.Sr/c2*1-2(6)3(5)4(7)8;/h2*2-3,6H,5H2,1H3,(H,7,8);/q;;+2/p-2/t2*2-,3+;/m11./s1. The maximum atomic E-state index is 9.74. The fourth-order valence-corrected chi connectivity index (χ4v) is 0.394. The van der Waals surface area contributed by atoms with Gasteiger partial charge in [0.1, 0.15) is 0 Å². The number of nitrogens with two attached hydrogens (primary N) is 2. The molecule has 0 bridgehead atoms. The number of hydrogen-bond donors (Lipinski definition) is 4. The van der Waals surface area contributed by atoms with Crippen LogP contribution in [0, 0.1) is 0 Å². The van der Waals surface area contributed by atoms with E-state index in [9.17, 15) is 19.8 Å². The van der Waals surface area contributed by atoms with Crippen molar-refractivity contribution >= 4 is 57.4 Å². The van der Waals surface area contributed by atoms with E-state index < -0.39 is 36.2 Å². The quantitative estimate of drug-likeness (QED) is 0.371. The molecule has 0 aliphatic rings. The van der Waals surface area contributed by atoms with Crippen LogP contribution in [0.4, 0.5) is 0 Å². The SMILES string of the molecule is C[C@@H](O)[C@H](N)C(=O)[O-].C[C@@H](O)[C@H](N)C(=O)[O-].[Sr+2]. The summed E-state index contributed by atoms with van der Waals surface area (Å²) in [6, 6.07) is -2.54. The molecule has 0 aromatic rings. The number of rotatable bonds is 4. The van der Waals surface area contributed by atoms with Crippen molar-refractivity contribution in [1.82, 2.24) is 0 Å². The van der Waals surface area contributed by atoms with Gasteiger partial charge in [-0.25, -0.2) is 0 Å². The summed E-state index contributed by atoms with van der Waals surface area (Å²) >= 11 is 0. The zero-order valence-electron chi connectivity index (χ0n) is 9.70. The number of carboxylic acids is 2. The first kappa shape index (κ1) is 22.4. The summed E-state index contributed by atoms with van der Waals surface area (Å²) in [7, 11) is 0. The third-order valence-electron chi connectivity index (χ3n) is 1.58. The van der Waals surface area contributed by atoms with Crippen molar-refractivity contribution in [3.8, 4) is 0 Å². The molecule has 0 amide bonds. The molecule has 0 aliphatic heterocycles. The Morgan fingerprint density at radius 1 is 0.941 bits per heavy atom. The van der Waals surface area contributed by atoms with Crippen molar-refractivity contribution in [1.29, 1.82) is 0 Å². The molecule has 0 radical (unpaired) electrons. The minimum absolute atomic E-state index is 0. The van der Waals surface area contributed by atoms with Crippen molar-refractivity contribution < 1.29 is 30.0 Å². The summed E-state index contributed by atoms with van der Waals surface area (Å²) in [6.07, 6.45) is -2.08.